The van der Waals surface area contributed by atoms with Gasteiger partial charge in [-0.05, 0) is 135 Å². The van der Waals surface area contributed by atoms with Gasteiger partial charge in [0.15, 0.2) is 0 Å². The van der Waals surface area contributed by atoms with Gasteiger partial charge in [-0.25, -0.2) is 0 Å². The minimum absolute atomic E-state index is 0.580. The Morgan fingerprint density at radius 2 is 1.02 bits per heavy atom. The molecule has 3 nitrogen and oxygen atoms in total. The van der Waals surface area contributed by atoms with Gasteiger partial charge in [0.1, 0.15) is 11.2 Å². The molecule has 0 radical (unpaired) electrons. The summed E-state index contributed by atoms with van der Waals surface area (Å²) in [6.45, 7) is 0. The Kier molecular flexibility index (Phi) is 8.26. The molecule has 9 aromatic carbocycles. The number of furan rings is 1. The van der Waals surface area contributed by atoms with Crippen molar-refractivity contribution in [2.75, 3.05) is 9.80 Å². The van der Waals surface area contributed by atoms with Crippen molar-refractivity contribution >= 4 is 55.9 Å². The summed E-state index contributed by atoms with van der Waals surface area (Å²) in [6, 6.07) is 80.1. The van der Waals surface area contributed by atoms with Crippen LogP contribution in [0.15, 0.2) is 241 Å². The van der Waals surface area contributed by atoms with Crippen LogP contribution in [0.25, 0.3) is 49.8 Å². The molecule has 3 heteroatoms. The zero-order chi connectivity index (χ0) is 42.2. The summed E-state index contributed by atoms with van der Waals surface area (Å²) in [7, 11) is 0. The molecule has 0 amide bonds. The highest BCUT2D eigenvalue weighted by atomic mass is 16.3. The Balaban J connectivity index is 1.07. The molecule has 0 N–H and O–H groups in total. The van der Waals surface area contributed by atoms with Crippen molar-refractivity contribution in [1.29, 1.82) is 0 Å². The van der Waals surface area contributed by atoms with Gasteiger partial charge in [-0.2, -0.15) is 0 Å². The fourth-order valence-corrected chi connectivity index (χ4v) is 11.0. The molecule has 1 spiro atoms. The monoisotopic (exact) mass is 818 g/mol. The van der Waals surface area contributed by atoms with E-state index in [1.54, 1.807) is 0 Å². The van der Waals surface area contributed by atoms with E-state index < -0.39 is 5.41 Å². The van der Waals surface area contributed by atoms with Crippen molar-refractivity contribution in [2.45, 2.75) is 18.3 Å². The third-order valence-corrected chi connectivity index (χ3v) is 13.7. The number of fused-ring (bicyclic) bond motifs is 12. The van der Waals surface area contributed by atoms with Crippen LogP contribution in [0.4, 0.5) is 28.4 Å². The normalized spacial score (nSPS) is 14.4. The number of benzene rings is 9. The molecule has 0 saturated carbocycles. The van der Waals surface area contributed by atoms with Gasteiger partial charge in [0.05, 0.1) is 16.8 Å². The highest BCUT2D eigenvalue weighted by molar-refractivity contribution is 6.07. The smallest absolute Gasteiger partial charge is 0.135 e. The average Bonchev–Trinajstić information content (AvgIpc) is 3.88. The van der Waals surface area contributed by atoms with Crippen LogP contribution < -0.4 is 9.80 Å². The van der Waals surface area contributed by atoms with E-state index in [0.717, 1.165) is 51.8 Å². The number of para-hydroxylation sites is 4. The van der Waals surface area contributed by atoms with Crippen molar-refractivity contribution in [3.63, 3.8) is 0 Å². The first-order valence-corrected chi connectivity index (χ1v) is 22.3. The van der Waals surface area contributed by atoms with Crippen molar-refractivity contribution in [2.24, 2.45) is 0 Å². The molecule has 3 aliphatic rings. The largest absolute Gasteiger partial charge is 0.456 e. The van der Waals surface area contributed by atoms with Crippen LogP contribution in [-0.2, 0) is 5.41 Å². The van der Waals surface area contributed by atoms with Gasteiger partial charge in [-0.3, -0.25) is 0 Å². The van der Waals surface area contributed by atoms with E-state index in [1.807, 2.05) is 6.07 Å². The van der Waals surface area contributed by atoms with E-state index in [-0.39, 0.29) is 0 Å². The Morgan fingerprint density at radius 1 is 0.438 bits per heavy atom. The summed E-state index contributed by atoms with van der Waals surface area (Å²) in [6.07, 6.45) is 6.60. The van der Waals surface area contributed by atoms with Crippen molar-refractivity contribution in [3.05, 3.63) is 264 Å². The first-order valence-electron chi connectivity index (χ1n) is 22.3. The summed E-state index contributed by atoms with van der Waals surface area (Å²) in [4.78, 5) is 4.95. The maximum Gasteiger partial charge on any atom is 0.135 e. The highest BCUT2D eigenvalue weighted by Crippen LogP contribution is 2.64. The molecule has 0 saturated heterocycles. The van der Waals surface area contributed by atoms with Crippen LogP contribution in [0.2, 0.25) is 0 Å². The number of nitrogens with zero attached hydrogens (tertiary/aromatic N) is 2. The Hall–Kier alpha value is -8.14. The topological polar surface area (TPSA) is 19.6 Å². The lowest BCUT2D eigenvalue weighted by molar-refractivity contribution is 0.669. The molecular formula is C61H42N2O. The summed E-state index contributed by atoms with van der Waals surface area (Å²) < 4.78 is 6.41. The molecule has 302 valence electrons. The van der Waals surface area contributed by atoms with Crippen LogP contribution >= 0.6 is 0 Å². The molecule has 1 aliphatic heterocycles. The minimum Gasteiger partial charge on any atom is -0.456 e. The van der Waals surface area contributed by atoms with Crippen LogP contribution in [0.1, 0.15) is 40.7 Å². The summed E-state index contributed by atoms with van der Waals surface area (Å²) in [5.74, 6) is 0. The molecule has 1 aromatic heterocycles. The molecule has 0 unspecified atom stereocenters. The first kappa shape index (κ1) is 36.5. The van der Waals surface area contributed by atoms with Gasteiger partial charge in [0, 0.05) is 33.5 Å². The number of hydrogen-bond donors (Lipinski definition) is 0. The fourth-order valence-electron chi connectivity index (χ4n) is 11.0. The fraction of sp³-hybridized carbons (Fsp3) is 0.0492. The summed E-state index contributed by atoms with van der Waals surface area (Å²) in [5.41, 5.74) is 20.8. The van der Waals surface area contributed by atoms with E-state index in [0.29, 0.717) is 0 Å². The molecule has 64 heavy (non-hydrogen) atoms. The SMILES string of the molecule is C1=CC(N(c2ccc3c(c2)C2(c4ccccc4-3)c3ccccc3N(c3ccccc3)c3ccccc32)c2ccc3oc4ccccc4c3c2)=C(c2ccc(-c3ccccc3)cc2)CC1. The maximum absolute atomic E-state index is 6.41. The second-order valence-electron chi connectivity index (χ2n) is 17.1. The number of allylic oxidation sites excluding steroid dienone is 3. The van der Waals surface area contributed by atoms with Crippen LogP contribution in [0.5, 0.6) is 0 Å². The van der Waals surface area contributed by atoms with Crippen molar-refractivity contribution in [3.8, 4) is 22.3 Å². The Bertz CT molecular complexity index is 3460. The Labute approximate surface area is 373 Å². The third-order valence-electron chi connectivity index (χ3n) is 13.7. The van der Waals surface area contributed by atoms with Gasteiger partial charge in [-0.15, -0.1) is 0 Å². The zero-order valence-corrected chi connectivity index (χ0v) is 35.2. The van der Waals surface area contributed by atoms with E-state index in [2.05, 4.69) is 234 Å². The van der Waals surface area contributed by atoms with E-state index >= 15 is 0 Å². The minimum atomic E-state index is -0.580. The quantitative estimate of drug-likeness (QED) is 0.167. The molecule has 0 bridgehead atoms. The lowest BCUT2D eigenvalue weighted by atomic mass is 9.64. The second kappa shape index (κ2) is 14.5. The predicted molar refractivity (Wildman–Crippen MR) is 265 cm³/mol. The van der Waals surface area contributed by atoms with Crippen molar-refractivity contribution < 1.29 is 4.42 Å². The molecular weight excluding hydrogens is 777 g/mol. The van der Waals surface area contributed by atoms with Gasteiger partial charge in [0.25, 0.3) is 0 Å². The van der Waals surface area contributed by atoms with E-state index in [4.69, 9.17) is 4.42 Å². The standard InChI is InChI=1S/C61H42N2O/c1-3-17-41(18-4-1)42-31-33-43(34-32-42)47-21-8-13-27-56(47)62(45-36-38-60-51(39-45)50-23-9-16-30-59(50)64-60)46-35-37-49-48-22-7-10-24-52(48)61(55(49)40-46)53-25-11-14-28-57(53)63(44-19-5-2-6-20-44)58-29-15-12-26-54(58)61/h1-7,9-20,22-40H,8,21H2. The summed E-state index contributed by atoms with van der Waals surface area (Å²) in [5, 5.41) is 2.22. The number of anilines is 5. The van der Waals surface area contributed by atoms with Crippen molar-refractivity contribution in [1.82, 2.24) is 0 Å². The van der Waals surface area contributed by atoms with Crippen LogP contribution in [-0.4, -0.2) is 0 Å². The molecule has 0 fully saturated rings. The van der Waals surface area contributed by atoms with E-state index in [9.17, 15) is 0 Å². The van der Waals surface area contributed by atoms with Gasteiger partial charge in [-0.1, -0.05) is 164 Å². The highest BCUT2D eigenvalue weighted by Gasteiger charge is 2.52. The summed E-state index contributed by atoms with van der Waals surface area (Å²) >= 11 is 0. The molecule has 2 aliphatic carbocycles. The molecule has 13 rings (SSSR count). The molecule has 10 aromatic rings. The second-order valence-corrected chi connectivity index (χ2v) is 17.1. The maximum atomic E-state index is 6.41. The number of hydrogen-bond acceptors (Lipinski definition) is 3. The average molecular weight is 819 g/mol. The lowest BCUT2D eigenvalue weighted by Gasteiger charge is -2.45. The van der Waals surface area contributed by atoms with Gasteiger partial charge < -0.3 is 14.2 Å². The predicted octanol–water partition coefficient (Wildman–Crippen LogP) is 16.3. The van der Waals surface area contributed by atoms with E-state index in [1.165, 1.54) is 72.7 Å². The van der Waals surface area contributed by atoms with Gasteiger partial charge in [0.2, 0.25) is 0 Å². The third kappa shape index (κ3) is 5.41. The van der Waals surface area contributed by atoms with Gasteiger partial charge >= 0.3 is 0 Å². The van der Waals surface area contributed by atoms with Crippen LogP contribution in [0, 0.1) is 0 Å². The first-order chi connectivity index (χ1) is 31.8. The Morgan fingerprint density at radius 3 is 1.80 bits per heavy atom. The van der Waals surface area contributed by atoms with Crippen LogP contribution in [0.3, 0.4) is 0 Å². The zero-order valence-electron chi connectivity index (χ0n) is 35.2. The molecule has 0 atom stereocenters. The lowest BCUT2D eigenvalue weighted by Crippen LogP contribution is -2.36. The number of rotatable bonds is 6. The molecule has 2 heterocycles.